The zero-order valence-electron chi connectivity index (χ0n) is 13.8. The molecular weight excluding hydrogens is 360 g/mol. The highest BCUT2D eigenvalue weighted by Crippen LogP contribution is 2.49. The molecule has 2 aliphatic rings. The molecule has 1 aliphatic carbocycles. The van der Waals surface area contributed by atoms with Crippen LogP contribution in [-0.2, 0) is 19.9 Å². The number of pyridine rings is 1. The number of halogens is 1. The Kier molecular flexibility index (Phi) is 4.51. The Morgan fingerprint density at radius 1 is 1.48 bits per heavy atom. The molecule has 0 spiro atoms. The van der Waals surface area contributed by atoms with Crippen LogP contribution in [0.25, 0.3) is 0 Å². The molecule has 3 rings (SSSR count). The van der Waals surface area contributed by atoms with Gasteiger partial charge in [-0.15, -0.1) is 0 Å². The summed E-state index contributed by atoms with van der Waals surface area (Å²) in [5.74, 6) is 0.0376. The molecule has 1 aromatic heterocycles. The maximum absolute atomic E-state index is 12.1. The van der Waals surface area contributed by atoms with Gasteiger partial charge in [-0.25, -0.2) is 9.78 Å². The summed E-state index contributed by atoms with van der Waals surface area (Å²) in [7, 11) is 0. The second-order valence-electron chi connectivity index (χ2n) is 7.38. The zero-order valence-corrected chi connectivity index (χ0v) is 15.4. The molecule has 23 heavy (non-hydrogen) atoms. The minimum atomic E-state index is -0.497. The van der Waals surface area contributed by atoms with Gasteiger partial charge in [0, 0.05) is 30.3 Å². The molecule has 126 valence electrons. The standard InChI is InChI=1S/C17H23BrN2O3/c1-16(2,3)23-15(21)10-22-17(7-13-6-12(17)9-19-13)11-4-5-14(18)20-8-11/h4-5,8,12-13,19H,6-7,9-10H2,1-3H3. The number of piperidine rings is 1. The number of aromatic nitrogens is 1. The number of carbonyl (C=O) groups excluding carboxylic acids is 1. The van der Waals surface area contributed by atoms with E-state index in [2.05, 4.69) is 26.2 Å². The third-order valence-electron chi connectivity index (χ3n) is 4.51. The molecular formula is C17H23BrN2O3. The Hall–Kier alpha value is -0.980. The van der Waals surface area contributed by atoms with Crippen molar-refractivity contribution < 1.29 is 14.3 Å². The molecule has 0 aromatic carbocycles. The Labute approximate surface area is 145 Å². The topological polar surface area (TPSA) is 60.5 Å². The first-order chi connectivity index (χ1) is 10.8. The predicted molar refractivity (Wildman–Crippen MR) is 89.9 cm³/mol. The second-order valence-corrected chi connectivity index (χ2v) is 8.19. The van der Waals surface area contributed by atoms with Gasteiger partial charge in [0.2, 0.25) is 0 Å². The lowest BCUT2D eigenvalue weighted by molar-refractivity contribution is -0.171. The number of rotatable bonds is 4. The van der Waals surface area contributed by atoms with Crippen LogP contribution in [0, 0.1) is 5.92 Å². The van der Waals surface area contributed by atoms with Crippen molar-refractivity contribution >= 4 is 21.9 Å². The van der Waals surface area contributed by atoms with Gasteiger partial charge in [-0.3, -0.25) is 0 Å². The van der Waals surface area contributed by atoms with E-state index < -0.39 is 11.2 Å². The lowest BCUT2D eigenvalue weighted by Crippen LogP contribution is -2.45. The van der Waals surface area contributed by atoms with E-state index in [1.807, 2.05) is 39.1 Å². The number of fused-ring (bicyclic) bond motifs is 2. The van der Waals surface area contributed by atoms with Gasteiger partial charge in [0.25, 0.3) is 0 Å². The molecule has 5 nitrogen and oxygen atoms in total. The van der Waals surface area contributed by atoms with E-state index in [9.17, 15) is 4.79 Å². The average molecular weight is 383 g/mol. The molecule has 2 bridgehead atoms. The number of hydrogen-bond acceptors (Lipinski definition) is 5. The quantitative estimate of drug-likeness (QED) is 0.640. The number of carbonyl (C=O) groups is 1. The van der Waals surface area contributed by atoms with Crippen LogP contribution in [0.2, 0.25) is 0 Å². The molecule has 2 fully saturated rings. The van der Waals surface area contributed by atoms with Gasteiger partial charge in [-0.05, 0) is 55.6 Å². The molecule has 1 saturated carbocycles. The van der Waals surface area contributed by atoms with Gasteiger partial charge in [0.1, 0.15) is 22.4 Å². The fraction of sp³-hybridized carbons (Fsp3) is 0.647. The first-order valence-electron chi connectivity index (χ1n) is 8.00. The molecule has 3 atom stereocenters. The summed E-state index contributed by atoms with van der Waals surface area (Å²) >= 11 is 3.37. The summed E-state index contributed by atoms with van der Waals surface area (Å²) < 4.78 is 12.4. The van der Waals surface area contributed by atoms with Crippen molar-refractivity contribution in [3.05, 3.63) is 28.5 Å². The maximum Gasteiger partial charge on any atom is 0.332 e. The van der Waals surface area contributed by atoms with Crippen molar-refractivity contribution in [2.24, 2.45) is 5.92 Å². The first kappa shape index (κ1) is 16.9. The van der Waals surface area contributed by atoms with E-state index in [4.69, 9.17) is 9.47 Å². The predicted octanol–water partition coefficient (Wildman–Crippen LogP) is 2.78. The summed E-state index contributed by atoms with van der Waals surface area (Å²) in [5.41, 5.74) is 0.0991. The SMILES string of the molecule is CC(C)(C)OC(=O)COC1(c2ccc(Br)nc2)CC2CC1CN2. The van der Waals surface area contributed by atoms with E-state index >= 15 is 0 Å². The van der Waals surface area contributed by atoms with Gasteiger partial charge in [-0.1, -0.05) is 6.07 Å². The van der Waals surface area contributed by atoms with E-state index in [0.717, 1.165) is 29.6 Å². The largest absolute Gasteiger partial charge is 0.458 e. The number of nitrogens with one attached hydrogen (secondary N) is 1. The Balaban J connectivity index is 1.78. The first-order valence-corrected chi connectivity index (χ1v) is 8.79. The second kappa shape index (κ2) is 6.15. The van der Waals surface area contributed by atoms with Crippen LogP contribution in [0.5, 0.6) is 0 Å². The fourth-order valence-corrected chi connectivity index (χ4v) is 3.90. The van der Waals surface area contributed by atoms with Gasteiger partial charge in [-0.2, -0.15) is 0 Å². The van der Waals surface area contributed by atoms with E-state index in [1.54, 1.807) is 0 Å². The highest BCUT2D eigenvalue weighted by atomic mass is 79.9. The minimum Gasteiger partial charge on any atom is -0.458 e. The minimum absolute atomic E-state index is 0.0312. The monoisotopic (exact) mass is 382 g/mol. The third-order valence-corrected chi connectivity index (χ3v) is 4.98. The van der Waals surface area contributed by atoms with E-state index in [0.29, 0.717) is 12.0 Å². The van der Waals surface area contributed by atoms with E-state index in [-0.39, 0.29) is 12.6 Å². The highest BCUT2D eigenvalue weighted by molar-refractivity contribution is 9.10. The van der Waals surface area contributed by atoms with Crippen LogP contribution in [0.4, 0.5) is 0 Å². The van der Waals surface area contributed by atoms with Gasteiger partial charge < -0.3 is 14.8 Å². The smallest absolute Gasteiger partial charge is 0.332 e. The van der Waals surface area contributed by atoms with Gasteiger partial charge in [0.15, 0.2) is 0 Å². The number of nitrogens with zero attached hydrogens (tertiary/aromatic N) is 1. The number of hydrogen-bond donors (Lipinski definition) is 1. The van der Waals surface area contributed by atoms with Crippen LogP contribution in [0.15, 0.2) is 22.9 Å². The zero-order chi connectivity index (χ0) is 16.7. The van der Waals surface area contributed by atoms with Crippen LogP contribution < -0.4 is 5.32 Å². The molecule has 6 heteroatoms. The van der Waals surface area contributed by atoms with Crippen LogP contribution in [0.3, 0.4) is 0 Å². The molecule has 1 aliphatic heterocycles. The van der Waals surface area contributed by atoms with Crippen molar-refractivity contribution in [1.29, 1.82) is 0 Å². The van der Waals surface area contributed by atoms with Crippen LogP contribution >= 0.6 is 15.9 Å². The Bertz CT molecular complexity index is 584. The molecule has 0 radical (unpaired) electrons. The molecule has 1 saturated heterocycles. The summed E-state index contributed by atoms with van der Waals surface area (Å²) in [6, 6.07) is 4.41. The fourth-order valence-electron chi connectivity index (χ4n) is 3.66. The van der Waals surface area contributed by atoms with Crippen molar-refractivity contribution in [3.8, 4) is 0 Å². The lowest BCUT2D eigenvalue weighted by atomic mass is 9.83. The van der Waals surface area contributed by atoms with Crippen LogP contribution in [0.1, 0.15) is 39.2 Å². The number of esters is 1. The number of ether oxygens (including phenoxy) is 2. The summed E-state index contributed by atoms with van der Waals surface area (Å²) in [5, 5.41) is 3.49. The van der Waals surface area contributed by atoms with Crippen molar-refractivity contribution in [2.45, 2.75) is 50.9 Å². The summed E-state index contributed by atoms with van der Waals surface area (Å²) in [6.45, 7) is 6.47. The Morgan fingerprint density at radius 3 is 2.78 bits per heavy atom. The maximum atomic E-state index is 12.1. The van der Waals surface area contributed by atoms with Gasteiger partial charge >= 0.3 is 5.97 Å². The highest BCUT2D eigenvalue weighted by Gasteiger charge is 2.53. The van der Waals surface area contributed by atoms with Crippen molar-refractivity contribution in [3.63, 3.8) is 0 Å². The van der Waals surface area contributed by atoms with Crippen molar-refractivity contribution in [1.82, 2.24) is 10.3 Å². The summed E-state index contributed by atoms with van der Waals surface area (Å²) in [6.07, 6.45) is 3.79. The normalized spacial score (nSPS) is 29.7. The molecule has 3 unspecified atom stereocenters. The molecule has 0 amide bonds. The van der Waals surface area contributed by atoms with Gasteiger partial charge in [0.05, 0.1) is 0 Å². The van der Waals surface area contributed by atoms with Crippen molar-refractivity contribution in [2.75, 3.05) is 13.2 Å². The summed E-state index contributed by atoms with van der Waals surface area (Å²) in [4.78, 5) is 16.4. The van der Waals surface area contributed by atoms with E-state index in [1.165, 1.54) is 0 Å². The lowest BCUT2D eigenvalue weighted by Gasteiger charge is -2.38. The third kappa shape index (κ3) is 3.59. The molecule has 1 aromatic rings. The molecule has 2 heterocycles. The van der Waals surface area contributed by atoms with Crippen LogP contribution in [-0.4, -0.2) is 35.7 Å². The Morgan fingerprint density at radius 2 is 2.26 bits per heavy atom. The molecule has 1 N–H and O–H groups in total. The average Bonchev–Trinajstić information content (AvgIpc) is 3.05.